The van der Waals surface area contributed by atoms with Gasteiger partial charge >= 0.3 is 11.7 Å². The van der Waals surface area contributed by atoms with Gasteiger partial charge < -0.3 is 10.3 Å². The molecule has 0 radical (unpaired) electrons. The number of carbonyl (C=O) groups excluding carboxylic acids is 2. The number of nitrogens with zero attached hydrogens (tertiary/aromatic N) is 3. The lowest BCUT2D eigenvalue weighted by Crippen LogP contribution is -2.14. The summed E-state index contributed by atoms with van der Waals surface area (Å²) in [5.41, 5.74) is 8.61. The Bertz CT molecular complexity index is 474. The van der Waals surface area contributed by atoms with E-state index >= 15 is 0 Å². The first-order chi connectivity index (χ1) is 7.60. The smallest absolute Gasteiger partial charge is 0.383 e. The molecular formula is C9H9N3O3S. The van der Waals surface area contributed by atoms with Gasteiger partial charge in [0.25, 0.3) is 0 Å². The van der Waals surface area contributed by atoms with Gasteiger partial charge in [0.15, 0.2) is 5.69 Å². The molecule has 0 fully saturated rings. The van der Waals surface area contributed by atoms with E-state index in [4.69, 9.17) is 10.3 Å². The highest BCUT2D eigenvalue weighted by atomic mass is 32.1. The number of aromatic nitrogens is 1. The lowest BCUT2D eigenvalue weighted by Gasteiger charge is -1.95. The van der Waals surface area contributed by atoms with E-state index in [2.05, 4.69) is 9.77 Å². The van der Waals surface area contributed by atoms with Gasteiger partial charge in [-0.15, -0.1) is 11.3 Å². The summed E-state index contributed by atoms with van der Waals surface area (Å²) in [7, 11) is 0. The second kappa shape index (κ2) is 5.29. The highest BCUT2D eigenvalue weighted by Crippen LogP contribution is 2.11. The quantitative estimate of drug-likeness (QED) is 0.338. The normalized spacial score (nSPS) is 9.38. The molecule has 7 heteroatoms. The van der Waals surface area contributed by atoms with Gasteiger partial charge in [-0.25, -0.2) is 9.78 Å². The molecule has 0 unspecified atom stereocenters. The molecule has 1 aromatic heterocycles. The molecule has 0 spiro atoms. The van der Waals surface area contributed by atoms with Crippen LogP contribution < -0.4 is 0 Å². The van der Waals surface area contributed by atoms with Crippen molar-refractivity contribution in [2.75, 3.05) is 6.61 Å². The molecule has 84 valence electrons. The molecule has 0 saturated heterocycles. The maximum Gasteiger partial charge on any atom is 0.383 e. The lowest BCUT2D eigenvalue weighted by atomic mass is 10.2. The van der Waals surface area contributed by atoms with Crippen molar-refractivity contribution in [1.82, 2.24) is 4.98 Å². The van der Waals surface area contributed by atoms with Gasteiger partial charge in [0.05, 0.1) is 6.61 Å². The fraction of sp³-hybridized carbons (Fsp3) is 0.333. The van der Waals surface area contributed by atoms with Gasteiger partial charge in [0.1, 0.15) is 0 Å². The monoisotopic (exact) mass is 239 g/mol. The van der Waals surface area contributed by atoms with Crippen LogP contribution in [-0.4, -0.2) is 33.8 Å². The Hall–Kier alpha value is -1.85. The average Bonchev–Trinajstić information content (AvgIpc) is 2.68. The fourth-order valence-electron chi connectivity index (χ4n) is 0.971. The molecular weight excluding hydrogens is 230 g/mol. The van der Waals surface area contributed by atoms with Crippen LogP contribution in [0.15, 0.2) is 5.38 Å². The van der Waals surface area contributed by atoms with E-state index < -0.39 is 11.8 Å². The minimum Gasteiger partial charge on any atom is -0.461 e. The number of ketones is 1. The predicted molar refractivity (Wildman–Crippen MR) is 56.5 cm³/mol. The van der Waals surface area contributed by atoms with Crippen LogP contribution in [-0.2, 0) is 9.53 Å². The van der Waals surface area contributed by atoms with Crippen molar-refractivity contribution < 1.29 is 19.1 Å². The van der Waals surface area contributed by atoms with Crippen LogP contribution in [0.25, 0.3) is 5.53 Å². The van der Waals surface area contributed by atoms with E-state index in [0.29, 0.717) is 0 Å². The van der Waals surface area contributed by atoms with Crippen LogP contribution in [0.1, 0.15) is 29.3 Å². The molecule has 6 nitrogen and oxygen atoms in total. The summed E-state index contributed by atoms with van der Waals surface area (Å²) < 4.78 is 4.74. The number of hydrogen-bond donors (Lipinski definition) is 0. The van der Waals surface area contributed by atoms with Gasteiger partial charge in [0.2, 0.25) is 10.8 Å². The van der Waals surface area contributed by atoms with Crippen molar-refractivity contribution in [3.8, 4) is 0 Å². The summed E-state index contributed by atoms with van der Waals surface area (Å²) in [4.78, 5) is 29.0. The standard InChI is InChI=1S/C9H9N3O3S/c1-3-15-9(14)8-11-6(4-16-8)7(12-10)5(2)13/h4H,3H2,1-2H3. The first-order valence-corrected chi connectivity index (χ1v) is 5.34. The second-order valence-corrected chi connectivity index (χ2v) is 3.62. The molecule has 0 aliphatic carbocycles. The predicted octanol–water partition coefficient (Wildman–Crippen LogP) is 0.928. The van der Waals surface area contributed by atoms with Crippen molar-refractivity contribution in [3.05, 3.63) is 21.6 Å². The summed E-state index contributed by atoms with van der Waals surface area (Å²) in [6, 6.07) is 0. The third kappa shape index (κ3) is 2.59. The van der Waals surface area contributed by atoms with E-state index in [1.54, 1.807) is 6.92 Å². The van der Waals surface area contributed by atoms with Crippen molar-refractivity contribution >= 4 is 28.8 Å². The van der Waals surface area contributed by atoms with Gasteiger partial charge in [-0.1, -0.05) is 0 Å². The van der Waals surface area contributed by atoms with Gasteiger partial charge in [-0.3, -0.25) is 4.79 Å². The molecule has 0 saturated carbocycles. The molecule has 0 atom stereocenters. The number of rotatable bonds is 4. The number of ether oxygens (including phenoxy) is 1. The molecule has 0 N–H and O–H groups in total. The molecule has 0 aliphatic heterocycles. The van der Waals surface area contributed by atoms with Crippen molar-refractivity contribution in [1.29, 1.82) is 0 Å². The molecule has 0 aromatic carbocycles. The van der Waals surface area contributed by atoms with Gasteiger partial charge in [-0.05, 0) is 6.92 Å². The van der Waals surface area contributed by atoms with E-state index in [9.17, 15) is 9.59 Å². The molecule has 0 aliphatic rings. The summed E-state index contributed by atoms with van der Waals surface area (Å²) in [6.45, 7) is 3.18. The summed E-state index contributed by atoms with van der Waals surface area (Å²) in [5.74, 6) is -0.984. The Kier molecular flexibility index (Phi) is 4.04. The highest BCUT2D eigenvalue weighted by Gasteiger charge is 2.23. The Morgan fingerprint density at radius 2 is 2.31 bits per heavy atom. The molecule has 1 heterocycles. The highest BCUT2D eigenvalue weighted by molar-refractivity contribution is 7.11. The number of esters is 1. The Morgan fingerprint density at radius 3 is 2.81 bits per heavy atom. The Morgan fingerprint density at radius 1 is 1.62 bits per heavy atom. The fourth-order valence-corrected chi connectivity index (χ4v) is 1.66. The average molecular weight is 239 g/mol. The second-order valence-electron chi connectivity index (χ2n) is 2.76. The van der Waals surface area contributed by atoms with Crippen molar-refractivity contribution in [2.24, 2.45) is 0 Å². The van der Waals surface area contributed by atoms with E-state index in [1.165, 1.54) is 12.3 Å². The minimum absolute atomic E-state index is 0.124. The Labute approximate surface area is 95.5 Å². The third-order valence-corrected chi connectivity index (χ3v) is 2.45. The topological polar surface area (TPSA) is 92.7 Å². The summed E-state index contributed by atoms with van der Waals surface area (Å²) >= 11 is 1.03. The molecule has 0 amide bonds. The maximum atomic E-state index is 11.3. The lowest BCUT2D eigenvalue weighted by molar-refractivity contribution is -0.115. The number of Topliss-reactive ketones (excluding diaryl/α,β-unsaturated/α-hetero) is 1. The molecule has 16 heavy (non-hydrogen) atoms. The van der Waals surface area contributed by atoms with Crippen LogP contribution >= 0.6 is 11.3 Å². The van der Waals surface area contributed by atoms with Crippen molar-refractivity contribution in [3.63, 3.8) is 0 Å². The van der Waals surface area contributed by atoms with Crippen LogP contribution in [0, 0.1) is 0 Å². The van der Waals surface area contributed by atoms with E-state index in [1.807, 2.05) is 0 Å². The number of hydrogen-bond acceptors (Lipinski definition) is 5. The number of carbonyl (C=O) groups is 2. The Balaban J connectivity index is 2.99. The van der Waals surface area contributed by atoms with Crippen molar-refractivity contribution in [2.45, 2.75) is 13.8 Å². The van der Waals surface area contributed by atoms with Crippen LogP contribution in [0.2, 0.25) is 0 Å². The molecule has 0 bridgehead atoms. The zero-order valence-corrected chi connectivity index (χ0v) is 9.58. The largest absolute Gasteiger partial charge is 0.461 e. The maximum absolute atomic E-state index is 11.3. The molecule has 1 aromatic rings. The van der Waals surface area contributed by atoms with E-state index in [0.717, 1.165) is 11.3 Å². The van der Waals surface area contributed by atoms with Crippen LogP contribution in [0.3, 0.4) is 0 Å². The zero-order valence-electron chi connectivity index (χ0n) is 8.76. The first-order valence-electron chi connectivity index (χ1n) is 4.46. The number of thiazole rings is 1. The van der Waals surface area contributed by atoms with Crippen LogP contribution in [0.4, 0.5) is 0 Å². The first kappa shape index (κ1) is 12.2. The molecule has 1 rings (SSSR count). The van der Waals surface area contributed by atoms with Crippen LogP contribution in [0.5, 0.6) is 0 Å². The zero-order chi connectivity index (χ0) is 12.1. The SMILES string of the molecule is CCOC(=O)c1nc(C(=[N+]=[N-])C(C)=O)cs1. The van der Waals surface area contributed by atoms with Gasteiger partial charge in [-0.2, -0.15) is 4.79 Å². The van der Waals surface area contributed by atoms with Gasteiger partial charge in [0, 0.05) is 12.3 Å². The minimum atomic E-state index is -0.556. The third-order valence-electron chi connectivity index (χ3n) is 1.63. The summed E-state index contributed by atoms with van der Waals surface area (Å²) in [5, 5.41) is 1.59. The summed E-state index contributed by atoms with van der Waals surface area (Å²) in [6.07, 6.45) is 0. The van der Waals surface area contributed by atoms with E-state index in [-0.39, 0.29) is 23.0 Å².